The molecule has 0 aliphatic heterocycles. The molecule has 2 aromatic rings. The SMILES string of the molecule is O=C(CSc1ccccc1Br)c1ccc(Br)s1. The average Bonchev–Trinajstić information content (AvgIpc) is 2.74. The van der Waals surface area contributed by atoms with Gasteiger partial charge in [0.15, 0.2) is 5.78 Å². The Hall–Kier alpha value is -0.100. The van der Waals surface area contributed by atoms with Crippen LogP contribution in [-0.4, -0.2) is 11.5 Å². The highest BCUT2D eigenvalue weighted by Crippen LogP contribution is 2.29. The minimum absolute atomic E-state index is 0.168. The topological polar surface area (TPSA) is 17.1 Å². The molecule has 88 valence electrons. The lowest BCUT2D eigenvalue weighted by Crippen LogP contribution is -1.99. The lowest BCUT2D eigenvalue weighted by atomic mass is 10.3. The monoisotopic (exact) mass is 390 g/mol. The first-order chi connectivity index (χ1) is 8.16. The third-order valence-electron chi connectivity index (χ3n) is 2.04. The van der Waals surface area contributed by atoms with E-state index in [1.807, 2.05) is 36.4 Å². The van der Waals surface area contributed by atoms with Crippen LogP contribution in [0.1, 0.15) is 9.67 Å². The first-order valence-electron chi connectivity index (χ1n) is 4.82. The fraction of sp³-hybridized carbons (Fsp3) is 0.0833. The highest BCUT2D eigenvalue weighted by atomic mass is 79.9. The highest BCUT2D eigenvalue weighted by molar-refractivity contribution is 9.11. The van der Waals surface area contributed by atoms with Crippen LogP contribution < -0.4 is 0 Å². The van der Waals surface area contributed by atoms with Gasteiger partial charge in [0.1, 0.15) is 0 Å². The maximum absolute atomic E-state index is 11.9. The Labute approximate surface area is 125 Å². The van der Waals surface area contributed by atoms with Gasteiger partial charge in [0.05, 0.1) is 14.4 Å². The van der Waals surface area contributed by atoms with Crippen LogP contribution in [0.2, 0.25) is 0 Å². The first-order valence-corrected chi connectivity index (χ1v) is 8.21. The Morgan fingerprint density at radius 3 is 2.59 bits per heavy atom. The Morgan fingerprint density at radius 2 is 1.94 bits per heavy atom. The number of carbonyl (C=O) groups is 1. The largest absolute Gasteiger partial charge is 0.292 e. The normalized spacial score (nSPS) is 10.5. The van der Waals surface area contributed by atoms with Crippen molar-refractivity contribution in [2.75, 3.05) is 5.75 Å². The molecule has 0 N–H and O–H groups in total. The van der Waals surface area contributed by atoms with Gasteiger partial charge in [-0.05, 0) is 56.1 Å². The quantitative estimate of drug-likeness (QED) is 0.523. The van der Waals surface area contributed by atoms with Crippen molar-refractivity contribution < 1.29 is 4.79 Å². The zero-order valence-electron chi connectivity index (χ0n) is 8.65. The fourth-order valence-corrected chi connectivity index (χ4v) is 4.11. The molecule has 0 radical (unpaired) electrons. The van der Waals surface area contributed by atoms with Crippen molar-refractivity contribution in [1.29, 1.82) is 0 Å². The standard InChI is InChI=1S/C12H8Br2OS2/c13-8-3-1-2-4-10(8)16-7-9(15)11-5-6-12(14)17-11/h1-6H,7H2. The van der Waals surface area contributed by atoms with Crippen LogP contribution in [0.3, 0.4) is 0 Å². The van der Waals surface area contributed by atoms with Crippen molar-refractivity contribution in [3.8, 4) is 0 Å². The predicted molar refractivity (Wildman–Crippen MR) is 81.2 cm³/mol. The summed E-state index contributed by atoms with van der Waals surface area (Å²) in [6, 6.07) is 11.7. The molecule has 0 spiro atoms. The van der Waals surface area contributed by atoms with Gasteiger partial charge in [0, 0.05) is 9.37 Å². The van der Waals surface area contributed by atoms with Crippen LogP contribution in [0, 0.1) is 0 Å². The second-order valence-corrected chi connectivity index (χ2v) is 7.58. The second kappa shape index (κ2) is 6.18. The summed E-state index contributed by atoms with van der Waals surface area (Å²) in [7, 11) is 0. The minimum atomic E-state index is 0.168. The number of halogens is 2. The van der Waals surface area contributed by atoms with Gasteiger partial charge in [-0.15, -0.1) is 23.1 Å². The molecule has 0 unspecified atom stereocenters. The van der Waals surface area contributed by atoms with Crippen LogP contribution >= 0.6 is 55.0 Å². The molecular formula is C12H8Br2OS2. The number of hydrogen-bond acceptors (Lipinski definition) is 3. The summed E-state index contributed by atoms with van der Waals surface area (Å²) in [5.74, 6) is 0.636. The first kappa shape index (κ1) is 13.3. The van der Waals surface area contributed by atoms with E-state index in [0.29, 0.717) is 5.75 Å². The van der Waals surface area contributed by atoms with E-state index in [-0.39, 0.29) is 5.78 Å². The summed E-state index contributed by atoms with van der Waals surface area (Å²) in [5.41, 5.74) is 0. The van der Waals surface area contributed by atoms with Crippen molar-refractivity contribution in [2.24, 2.45) is 0 Å². The van der Waals surface area contributed by atoms with E-state index in [0.717, 1.165) is 18.0 Å². The number of carbonyl (C=O) groups excluding carboxylic acids is 1. The van der Waals surface area contributed by atoms with Crippen LogP contribution in [0.4, 0.5) is 0 Å². The van der Waals surface area contributed by atoms with Gasteiger partial charge in [0.25, 0.3) is 0 Å². The molecule has 2 rings (SSSR count). The maximum atomic E-state index is 11.9. The molecule has 0 aliphatic rings. The lowest BCUT2D eigenvalue weighted by Gasteiger charge is -2.02. The van der Waals surface area contributed by atoms with Crippen molar-refractivity contribution in [3.63, 3.8) is 0 Å². The number of Topliss-reactive ketones (excluding diaryl/α,β-unsaturated/α-hetero) is 1. The summed E-state index contributed by atoms with van der Waals surface area (Å²) >= 11 is 9.86. The van der Waals surface area contributed by atoms with Crippen molar-refractivity contribution in [2.45, 2.75) is 4.90 Å². The van der Waals surface area contributed by atoms with Gasteiger partial charge in [-0.3, -0.25) is 4.79 Å². The van der Waals surface area contributed by atoms with Gasteiger partial charge in [-0.25, -0.2) is 0 Å². The minimum Gasteiger partial charge on any atom is -0.292 e. The molecule has 0 saturated heterocycles. The molecule has 0 bridgehead atoms. The molecule has 0 amide bonds. The number of hydrogen-bond donors (Lipinski definition) is 0. The molecule has 1 aromatic carbocycles. The molecule has 1 aromatic heterocycles. The average molecular weight is 392 g/mol. The Morgan fingerprint density at radius 1 is 1.18 bits per heavy atom. The molecule has 5 heteroatoms. The van der Waals surface area contributed by atoms with Crippen LogP contribution in [0.25, 0.3) is 0 Å². The number of rotatable bonds is 4. The fourth-order valence-electron chi connectivity index (χ4n) is 1.24. The molecule has 1 nitrogen and oxygen atoms in total. The summed E-state index contributed by atoms with van der Waals surface area (Å²) in [6.07, 6.45) is 0. The van der Waals surface area contributed by atoms with Crippen molar-refractivity contribution >= 4 is 60.7 Å². The number of ketones is 1. The third kappa shape index (κ3) is 3.68. The molecule has 0 fully saturated rings. The smallest absolute Gasteiger partial charge is 0.183 e. The molecule has 1 heterocycles. The summed E-state index contributed by atoms with van der Waals surface area (Å²) in [6.45, 7) is 0. The van der Waals surface area contributed by atoms with E-state index in [9.17, 15) is 4.79 Å². The highest BCUT2D eigenvalue weighted by Gasteiger charge is 2.10. The summed E-state index contributed by atoms with van der Waals surface area (Å²) < 4.78 is 2.02. The van der Waals surface area contributed by atoms with E-state index in [2.05, 4.69) is 31.9 Å². The molecule has 0 atom stereocenters. The second-order valence-electron chi connectivity index (χ2n) is 3.25. The Balaban J connectivity index is 1.99. The third-order valence-corrected chi connectivity index (χ3v) is 5.74. The van der Waals surface area contributed by atoms with E-state index in [1.165, 1.54) is 11.3 Å². The summed E-state index contributed by atoms with van der Waals surface area (Å²) in [5, 5.41) is 0. The molecule has 0 saturated carbocycles. The summed E-state index contributed by atoms with van der Waals surface area (Å²) in [4.78, 5) is 13.8. The van der Waals surface area contributed by atoms with Crippen molar-refractivity contribution in [3.05, 3.63) is 49.5 Å². The van der Waals surface area contributed by atoms with E-state index < -0.39 is 0 Å². The number of thioether (sulfide) groups is 1. The molecular weight excluding hydrogens is 384 g/mol. The van der Waals surface area contributed by atoms with Gasteiger partial charge in [0.2, 0.25) is 0 Å². The van der Waals surface area contributed by atoms with Gasteiger partial charge < -0.3 is 0 Å². The van der Waals surface area contributed by atoms with Crippen LogP contribution in [0.15, 0.2) is 49.6 Å². The Bertz CT molecular complexity index is 537. The maximum Gasteiger partial charge on any atom is 0.183 e. The van der Waals surface area contributed by atoms with E-state index in [1.54, 1.807) is 11.8 Å². The van der Waals surface area contributed by atoms with Crippen LogP contribution in [-0.2, 0) is 0 Å². The van der Waals surface area contributed by atoms with Gasteiger partial charge in [-0.2, -0.15) is 0 Å². The lowest BCUT2D eigenvalue weighted by molar-refractivity contribution is 0.102. The van der Waals surface area contributed by atoms with Gasteiger partial charge >= 0.3 is 0 Å². The predicted octanol–water partition coefficient (Wildman–Crippen LogP) is 5.25. The van der Waals surface area contributed by atoms with Crippen LogP contribution in [0.5, 0.6) is 0 Å². The number of benzene rings is 1. The van der Waals surface area contributed by atoms with Gasteiger partial charge in [-0.1, -0.05) is 12.1 Å². The molecule has 17 heavy (non-hydrogen) atoms. The zero-order chi connectivity index (χ0) is 12.3. The van der Waals surface area contributed by atoms with E-state index in [4.69, 9.17) is 0 Å². The zero-order valence-corrected chi connectivity index (χ0v) is 13.5. The van der Waals surface area contributed by atoms with Crippen molar-refractivity contribution in [1.82, 2.24) is 0 Å². The number of thiophene rings is 1. The molecule has 0 aliphatic carbocycles. The van der Waals surface area contributed by atoms with E-state index >= 15 is 0 Å². The Kier molecular flexibility index (Phi) is 4.85.